The van der Waals surface area contributed by atoms with Crippen LogP contribution in [0, 0.1) is 0 Å². The van der Waals surface area contributed by atoms with Crippen LogP contribution in [0.2, 0.25) is 5.15 Å². The van der Waals surface area contributed by atoms with Gasteiger partial charge in [-0.25, -0.2) is 14.6 Å². The molecule has 0 aliphatic rings. The van der Waals surface area contributed by atoms with E-state index in [1.54, 1.807) is 10.7 Å². The minimum Gasteiger partial charge on any atom is -0.275 e. The van der Waals surface area contributed by atoms with E-state index >= 15 is 0 Å². The quantitative estimate of drug-likeness (QED) is 0.159. The SMILES string of the molecule is Cn1cc(-c2ccc3c(c2)c(-c2cc(Cl)ncn2)nn3C(c2ccccc2)(c2ccccc2)c2ccccc2)cn1. The summed E-state index contributed by atoms with van der Waals surface area (Å²) in [6.45, 7) is 0. The van der Waals surface area contributed by atoms with Gasteiger partial charge >= 0.3 is 0 Å². The first-order chi connectivity index (χ1) is 20.1. The van der Waals surface area contributed by atoms with Crippen molar-refractivity contribution in [1.82, 2.24) is 29.5 Å². The Hall–Kier alpha value is -5.07. The summed E-state index contributed by atoms with van der Waals surface area (Å²) in [6.07, 6.45) is 5.36. The Labute approximate surface area is 242 Å². The van der Waals surface area contributed by atoms with E-state index < -0.39 is 5.54 Å². The fraction of sp³-hybridized carbons (Fsp3) is 0.0588. The third kappa shape index (κ3) is 4.20. The van der Waals surface area contributed by atoms with Crippen molar-refractivity contribution in [3.63, 3.8) is 0 Å². The number of hydrogen-bond donors (Lipinski definition) is 0. The molecule has 6 nitrogen and oxygen atoms in total. The Kier molecular flexibility index (Phi) is 6.18. The van der Waals surface area contributed by atoms with Gasteiger partial charge in [0.15, 0.2) is 0 Å². The van der Waals surface area contributed by atoms with E-state index in [1.807, 2.05) is 37.6 Å². The van der Waals surface area contributed by atoms with Crippen molar-refractivity contribution in [3.8, 4) is 22.5 Å². The Bertz CT molecular complexity index is 1870. The van der Waals surface area contributed by atoms with Gasteiger partial charge in [-0.2, -0.15) is 10.2 Å². The minimum absolute atomic E-state index is 0.363. The molecule has 0 bridgehead atoms. The van der Waals surface area contributed by atoms with Crippen LogP contribution < -0.4 is 0 Å². The average molecular weight is 553 g/mol. The topological polar surface area (TPSA) is 61.4 Å². The molecule has 41 heavy (non-hydrogen) atoms. The van der Waals surface area contributed by atoms with Gasteiger partial charge in [-0.15, -0.1) is 0 Å². The van der Waals surface area contributed by atoms with Crippen molar-refractivity contribution >= 4 is 22.5 Å². The highest BCUT2D eigenvalue weighted by atomic mass is 35.5. The zero-order chi connectivity index (χ0) is 27.8. The van der Waals surface area contributed by atoms with Crippen molar-refractivity contribution in [2.45, 2.75) is 5.54 Å². The van der Waals surface area contributed by atoms with Gasteiger partial charge in [-0.1, -0.05) is 109 Å². The molecular weight excluding hydrogens is 528 g/mol. The maximum atomic E-state index is 6.36. The molecule has 4 aromatic carbocycles. The second-order valence-electron chi connectivity index (χ2n) is 9.93. The summed E-state index contributed by atoms with van der Waals surface area (Å²) >= 11 is 6.36. The molecule has 3 aromatic heterocycles. The zero-order valence-corrected chi connectivity index (χ0v) is 23.0. The molecule has 198 valence electrons. The number of aromatic nitrogens is 6. The fourth-order valence-electron chi connectivity index (χ4n) is 5.68. The number of halogens is 1. The van der Waals surface area contributed by atoms with E-state index in [4.69, 9.17) is 16.7 Å². The molecule has 7 rings (SSSR count). The van der Waals surface area contributed by atoms with Crippen molar-refractivity contribution in [1.29, 1.82) is 0 Å². The average Bonchev–Trinajstić information content (AvgIpc) is 3.63. The van der Waals surface area contributed by atoms with Gasteiger partial charge in [0, 0.05) is 30.3 Å². The van der Waals surface area contributed by atoms with Gasteiger partial charge in [-0.3, -0.25) is 4.68 Å². The summed E-state index contributed by atoms with van der Waals surface area (Å²) in [5, 5.41) is 11.1. The van der Waals surface area contributed by atoms with E-state index in [0.29, 0.717) is 10.8 Å². The third-order valence-electron chi connectivity index (χ3n) is 7.49. The molecule has 0 atom stereocenters. The van der Waals surface area contributed by atoms with Crippen LogP contribution in [0.25, 0.3) is 33.4 Å². The van der Waals surface area contributed by atoms with Crippen molar-refractivity contribution in [3.05, 3.63) is 156 Å². The molecular formula is C34H25ClN6. The van der Waals surface area contributed by atoms with E-state index in [9.17, 15) is 0 Å². The monoisotopic (exact) mass is 552 g/mol. The van der Waals surface area contributed by atoms with Crippen LogP contribution in [0.1, 0.15) is 16.7 Å². The molecule has 0 N–H and O–H groups in total. The highest BCUT2D eigenvalue weighted by molar-refractivity contribution is 6.29. The maximum Gasteiger partial charge on any atom is 0.138 e. The molecule has 0 aliphatic heterocycles. The summed E-state index contributed by atoms with van der Waals surface area (Å²) in [6, 6.07) is 39.8. The first-order valence-corrected chi connectivity index (χ1v) is 13.7. The lowest BCUT2D eigenvalue weighted by atomic mass is 9.77. The molecule has 0 saturated carbocycles. The second-order valence-corrected chi connectivity index (χ2v) is 10.3. The van der Waals surface area contributed by atoms with Gasteiger partial charge in [0.05, 0.1) is 17.4 Å². The predicted octanol–water partition coefficient (Wildman–Crippen LogP) is 7.39. The molecule has 0 radical (unpaired) electrons. The number of hydrogen-bond acceptors (Lipinski definition) is 4. The summed E-state index contributed by atoms with van der Waals surface area (Å²) in [5.41, 5.74) is 6.88. The highest BCUT2D eigenvalue weighted by Gasteiger charge is 2.41. The van der Waals surface area contributed by atoms with Gasteiger partial charge in [-0.05, 0) is 34.4 Å². The lowest BCUT2D eigenvalue weighted by molar-refractivity contribution is 0.477. The Morgan fingerprint density at radius 1 is 0.683 bits per heavy atom. The minimum atomic E-state index is -0.785. The molecule has 0 amide bonds. The zero-order valence-electron chi connectivity index (χ0n) is 22.3. The molecule has 7 heteroatoms. The van der Waals surface area contributed by atoms with Gasteiger partial charge in [0.2, 0.25) is 0 Å². The standard InChI is InChI=1S/C34H25ClN6/c1-40-22-25(21-38-40)24-17-18-31-29(19-24)33(30-20-32(35)37-23-36-30)39-41(31)34(26-11-5-2-6-12-26,27-13-7-3-8-14-27)28-15-9-4-10-16-28/h2-23H,1H3. The van der Waals surface area contributed by atoms with E-state index in [2.05, 4.69) is 111 Å². The molecule has 0 saturated heterocycles. The number of rotatable bonds is 6. The molecule has 0 fully saturated rings. The number of nitrogens with zero attached hydrogens (tertiary/aromatic N) is 6. The van der Waals surface area contributed by atoms with E-state index in [-0.39, 0.29) is 0 Å². The highest BCUT2D eigenvalue weighted by Crippen LogP contribution is 2.44. The Morgan fingerprint density at radius 2 is 1.29 bits per heavy atom. The lowest BCUT2D eigenvalue weighted by Crippen LogP contribution is -2.38. The van der Waals surface area contributed by atoms with Crippen molar-refractivity contribution < 1.29 is 0 Å². The Morgan fingerprint density at radius 3 is 1.83 bits per heavy atom. The largest absolute Gasteiger partial charge is 0.275 e. The predicted molar refractivity (Wildman–Crippen MR) is 163 cm³/mol. The molecule has 0 spiro atoms. The first-order valence-electron chi connectivity index (χ1n) is 13.3. The van der Waals surface area contributed by atoms with Gasteiger partial charge < -0.3 is 0 Å². The summed E-state index contributed by atoms with van der Waals surface area (Å²) < 4.78 is 3.94. The van der Waals surface area contributed by atoms with Crippen molar-refractivity contribution in [2.75, 3.05) is 0 Å². The van der Waals surface area contributed by atoms with Crippen LogP contribution in [0.15, 0.2) is 134 Å². The molecule has 0 unspecified atom stereocenters. The maximum absolute atomic E-state index is 6.36. The first kappa shape index (κ1) is 24.9. The molecule has 0 aliphatic carbocycles. The second kappa shape index (κ2) is 10.2. The van der Waals surface area contributed by atoms with Crippen LogP contribution >= 0.6 is 11.6 Å². The lowest BCUT2D eigenvalue weighted by Gasteiger charge is -2.37. The van der Waals surface area contributed by atoms with Crippen LogP contribution in [-0.2, 0) is 12.6 Å². The number of aryl methyl sites for hydroxylation is 1. The molecule has 7 aromatic rings. The van der Waals surface area contributed by atoms with Crippen LogP contribution in [-0.4, -0.2) is 29.5 Å². The number of fused-ring (bicyclic) bond motifs is 1. The van der Waals surface area contributed by atoms with Gasteiger partial charge in [0.1, 0.15) is 22.7 Å². The summed E-state index contributed by atoms with van der Waals surface area (Å²) in [4.78, 5) is 8.71. The van der Waals surface area contributed by atoms with Crippen LogP contribution in [0.3, 0.4) is 0 Å². The fourth-order valence-corrected chi connectivity index (χ4v) is 5.83. The third-order valence-corrected chi connectivity index (χ3v) is 7.69. The smallest absolute Gasteiger partial charge is 0.138 e. The summed E-state index contributed by atoms with van der Waals surface area (Å²) in [5.74, 6) is 0. The Balaban J connectivity index is 1.63. The normalized spacial score (nSPS) is 11.7. The van der Waals surface area contributed by atoms with E-state index in [0.717, 1.165) is 44.4 Å². The number of benzene rings is 4. The molecule has 3 heterocycles. The van der Waals surface area contributed by atoms with Crippen molar-refractivity contribution in [2.24, 2.45) is 7.05 Å². The van der Waals surface area contributed by atoms with Crippen LogP contribution in [0.4, 0.5) is 0 Å². The summed E-state index contributed by atoms with van der Waals surface area (Å²) in [7, 11) is 1.92. The van der Waals surface area contributed by atoms with Crippen LogP contribution in [0.5, 0.6) is 0 Å². The van der Waals surface area contributed by atoms with E-state index in [1.165, 1.54) is 6.33 Å². The van der Waals surface area contributed by atoms with Gasteiger partial charge in [0.25, 0.3) is 0 Å².